The fourth-order valence-corrected chi connectivity index (χ4v) is 2.19. The number of nitrogens with two attached hydrogens (primary N) is 1. The molecule has 0 aliphatic rings. The first-order chi connectivity index (χ1) is 12.0. The normalized spacial score (nSPS) is 10.3. The lowest BCUT2D eigenvalue weighted by Gasteiger charge is -2.09. The number of nitrogens with zero attached hydrogens (tertiary/aromatic N) is 1. The fourth-order valence-electron chi connectivity index (χ4n) is 2.19. The summed E-state index contributed by atoms with van der Waals surface area (Å²) >= 11 is 0. The van der Waals surface area contributed by atoms with Crippen LogP contribution in [0.4, 0.5) is 15.9 Å². The Hall–Kier alpha value is -3.41. The van der Waals surface area contributed by atoms with Gasteiger partial charge in [0, 0.05) is 5.69 Å². The van der Waals surface area contributed by atoms with Crippen LogP contribution in [0.25, 0.3) is 0 Å². The van der Waals surface area contributed by atoms with Crippen LogP contribution in [0.2, 0.25) is 0 Å². The number of amides is 1. The van der Waals surface area contributed by atoms with Crippen molar-refractivity contribution in [1.29, 1.82) is 0 Å². The molecule has 5 nitrogen and oxygen atoms in total. The second-order valence-corrected chi connectivity index (χ2v) is 5.42. The third-order valence-electron chi connectivity index (χ3n) is 3.54. The molecule has 1 amide bonds. The number of nitrogen functional groups attached to an aromatic ring is 1. The molecule has 0 fully saturated rings. The number of rotatable bonds is 4. The monoisotopic (exact) mass is 337 g/mol. The molecular weight excluding hydrogens is 321 g/mol. The molecule has 3 rings (SSSR count). The maximum absolute atomic E-state index is 13.8. The number of para-hydroxylation sites is 1. The first-order valence-electron chi connectivity index (χ1n) is 7.60. The molecule has 3 N–H and O–H groups in total. The highest BCUT2D eigenvalue weighted by atomic mass is 19.1. The molecule has 1 heterocycles. The molecular formula is C19H16FN3O2. The summed E-state index contributed by atoms with van der Waals surface area (Å²) < 4.78 is 19.5. The third kappa shape index (κ3) is 3.92. The molecule has 0 bridgehead atoms. The van der Waals surface area contributed by atoms with Crippen molar-refractivity contribution in [2.75, 3.05) is 11.1 Å². The first kappa shape index (κ1) is 16.4. The van der Waals surface area contributed by atoms with E-state index in [0.717, 1.165) is 0 Å². The molecule has 0 saturated carbocycles. The van der Waals surface area contributed by atoms with Gasteiger partial charge in [-0.3, -0.25) is 4.79 Å². The lowest BCUT2D eigenvalue weighted by Crippen LogP contribution is -2.15. The number of aryl methyl sites for hydroxylation is 1. The highest BCUT2D eigenvalue weighted by Gasteiger charge is 2.15. The Labute approximate surface area is 144 Å². The zero-order valence-electron chi connectivity index (χ0n) is 13.5. The lowest BCUT2D eigenvalue weighted by atomic mass is 10.2. The van der Waals surface area contributed by atoms with Crippen molar-refractivity contribution >= 4 is 17.4 Å². The van der Waals surface area contributed by atoms with Crippen molar-refractivity contribution in [3.05, 3.63) is 77.7 Å². The van der Waals surface area contributed by atoms with E-state index < -0.39 is 11.9 Å². The van der Waals surface area contributed by atoms with Crippen LogP contribution in [0.15, 0.2) is 60.7 Å². The summed E-state index contributed by atoms with van der Waals surface area (Å²) in [4.78, 5) is 15.7. The molecule has 0 spiro atoms. The minimum absolute atomic E-state index is 0.0662. The molecule has 0 saturated heterocycles. The lowest BCUT2D eigenvalue weighted by molar-refractivity contribution is 0.102. The Bertz CT molecular complexity index is 897. The van der Waals surface area contributed by atoms with Crippen LogP contribution in [0, 0.1) is 12.9 Å². The van der Waals surface area contributed by atoms with Gasteiger partial charge in [0.05, 0.1) is 5.56 Å². The molecule has 0 aliphatic heterocycles. The Balaban J connectivity index is 1.71. The van der Waals surface area contributed by atoms with Crippen LogP contribution in [-0.4, -0.2) is 10.9 Å². The van der Waals surface area contributed by atoms with Gasteiger partial charge in [-0.05, 0) is 55.0 Å². The van der Waals surface area contributed by atoms with E-state index in [2.05, 4.69) is 10.3 Å². The second-order valence-electron chi connectivity index (χ2n) is 5.42. The van der Waals surface area contributed by atoms with E-state index in [1.54, 1.807) is 31.2 Å². The van der Waals surface area contributed by atoms with Gasteiger partial charge in [-0.1, -0.05) is 18.2 Å². The van der Waals surface area contributed by atoms with Crippen molar-refractivity contribution in [2.45, 2.75) is 6.92 Å². The highest BCUT2D eigenvalue weighted by Crippen LogP contribution is 2.23. The van der Waals surface area contributed by atoms with Gasteiger partial charge in [0.1, 0.15) is 17.3 Å². The van der Waals surface area contributed by atoms with E-state index in [4.69, 9.17) is 10.5 Å². The average Bonchev–Trinajstić information content (AvgIpc) is 2.60. The SMILES string of the molecule is Cc1cc(C(=O)Nc2ccc(Oc3ccccc3)cc2)c(F)nc1N. The molecule has 0 atom stereocenters. The largest absolute Gasteiger partial charge is 0.457 e. The summed E-state index contributed by atoms with van der Waals surface area (Å²) in [5, 5.41) is 2.62. The zero-order valence-corrected chi connectivity index (χ0v) is 13.5. The van der Waals surface area contributed by atoms with Crippen LogP contribution >= 0.6 is 0 Å². The van der Waals surface area contributed by atoms with Crippen LogP contribution in [0.3, 0.4) is 0 Å². The Morgan fingerprint density at radius 1 is 1.08 bits per heavy atom. The van der Waals surface area contributed by atoms with E-state index >= 15 is 0 Å². The van der Waals surface area contributed by atoms with Crippen LogP contribution in [0.1, 0.15) is 15.9 Å². The Morgan fingerprint density at radius 2 is 1.72 bits per heavy atom. The Morgan fingerprint density at radius 3 is 2.40 bits per heavy atom. The average molecular weight is 337 g/mol. The van der Waals surface area contributed by atoms with Crippen LogP contribution < -0.4 is 15.8 Å². The second kappa shape index (κ2) is 7.00. The number of benzene rings is 2. The van der Waals surface area contributed by atoms with Crippen molar-refractivity contribution in [2.24, 2.45) is 0 Å². The van der Waals surface area contributed by atoms with Gasteiger partial charge in [0.15, 0.2) is 0 Å². The number of carbonyl (C=O) groups excluding carboxylic acids is 1. The molecule has 0 unspecified atom stereocenters. The Kier molecular flexibility index (Phi) is 4.61. The highest BCUT2D eigenvalue weighted by molar-refractivity contribution is 6.04. The van der Waals surface area contributed by atoms with Gasteiger partial charge < -0.3 is 15.8 Å². The summed E-state index contributed by atoms with van der Waals surface area (Å²) in [6.45, 7) is 1.66. The number of pyridine rings is 1. The van der Waals surface area contributed by atoms with E-state index in [9.17, 15) is 9.18 Å². The minimum atomic E-state index is -0.898. The van der Waals surface area contributed by atoms with Gasteiger partial charge in [0.2, 0.25) is 5.95 Å². The summed E-state index contributed by atoms with van der Waals surface area (Å²) in [6, 6.07) is 17.5. The van der Waals surface area contributed by atoms with E-state index in [1.165, 1.54) is 6.07 Å². The van der Waals surface area contributed by atoms with Crippen molar-refractivity contribution in [3.8, 4) is 11.5 Å². The predicted octanol–water partition coefficient (Wildman–Crippen LogP) is 4.16. The maximum atomic E-state index is 13.8. The van der Waals surface area contributed by atoms with Gasteiger partial charge in [-0.25, -0.2) is 4.98 Å². The van der Waals surface area contributed by atoms with Gasteiger partial charge in [-0.15, -0.1) is 0 Å². The molecule has 2 aromatic carbocycles. The third-order valence-corrected chi connectivity index (χ3v) is 3.54. The van der Waals surface area contributed by atoms with E-state index in [1.807, 2.05) is 30.3 Å². The minimum Gasteiger partial charge on any atom is -0.457 e. The van der Waals surface area contributed by atoms with Crippen molar-refractivity contribution in [1.82, 2.24) is 4.98 Å². The van der Waals surface area contributed by atoms with Gasteiger partial charge in [0.25, 0.3) is 5.91 Å². The molecule has 126 valence electrons. The quantitative estimate of drug-likeness (QED) is 0.701. The maximum Gasteiger partial charge on any atom is 0.260 e. The molecule has 0 radical (unpaired) electrons. The summed E-state index contributed by atoms with van der Waals surface area (Å²) in [5.74, 6) is -0.0870. The number of halogens is 1. The zero-order chi connectivity index (χ0) is 17.8. The number of ether oxygens (including phenoxy) is 1. The molecule has 3 aromatic rings. The number of aromatic nitrogens is 1. The number of anilines is 2. The summed E-state index contributed by atoms with van der Waals surface area (Å²) in [6.07, 6.45) is 0. The molecule has 1 aromatic heterocycles. The molecule has 6 heteroatoms. The standard InChI is InChI=1S/C19H16FN3O2/c1-12-11-16(17(20)23-18(12)21)19(24)22-13-7-9-15(10-8-13)25-14-5-3-2-4-6-14/h2-11H,1H3,(H2,21,23)(H,22,24). The first-order valence-corrected chi connectivity index (χ1v) is 7.60. The smallest absolute Gasteiger partial charge is 0.260 e. The number of carbonyl (C=O) groups is 1. The predicted molar refractivity (Wildman–Crippen MR) is 94.3 cm³/mol. The van der Waals surface area contributed by atoms with Gasteiger partial charge >= 0.3 is 0 Å². The van der Waals surface area contributed by atoms with E-state index in [-0.39, 0.29) is 11.4 Å². The molecule has 25 heavy (non-hydrogen) atoms. The van der Waals surface area contributed by atoms with Gasteiger partial charge in [-0.2, -0.15) is 4.39 Å². The fraction of sp³-hybridized carbons (Fsp3) is 0.0526. The molecule has 0 aliphatic carbocycles. The van der Waals surface area contributed by atoms with Crippen LogP contribution in [-0.2, 0) is 0 Å². The van der Waals surface area contributed by atoms with Crippen molar-refractivity contribution in [3.63, 3.8) is 0 Å². The topological polar surface area (TPSA) is 77.2 Å². The number of nitrogens with one attached hydrogen (secondary N) is 1. The number of hydrogen-bond acceptors (Lipinski definition) is 4. The van der Waals surface area contributed by atoms with Crippen LogP contribution in [0.5, 0.6) is 11.5 Å². The van der Waals surface area contributed by atoms with Crippen molar-refractivity contribution < 1.29 is 13.9 Å². The van der Waals surface area contributed by atoms with E-state index in [0.29, 0.717) is 22.7 Å². The summed E-state index contributed by atoms with van der Waals surface area (Å²) in [5.41, 5.74) is 6.42. The number of hydrogen-bond donors (Lipinski definition) is 2. The summed E-state index contributed by atoms with van der Waals surface area (Å²) in [7, 11) is 0.